The lowest BCUT2D eigenvalue weighted by molar-refractivity contribution is 0.438. The van der Waals surface area contributed by atoms with Gasteiger partial charge < -0.3 is 15.9 Å². The molecular weight excluding hydrogens is 214 g/mol. The summed E-state index contributed by atoms with van der Waals surface area (Å²) in [7, 11) is 0. The van der Waals surface area contributed by atoms with E-state index in [0.717, 1.165) is 19.3 Å². The molecule has 0 unspecified atom stereocenters. The second-order valence-electron chi connectivity index (χ2n) is 3.49. The third-order valence-corrected chi connectivity index (χ3v) is 2.28. The summed E-state index contributed by atoms with van der Waals surface area (Å²) in [5.74, 6) is 0.141. The van der Waals surface area contributed by atoms with Gasteiger partial charge in [0.1, 0.15) is 11.5 Å². The molecule has 0 amide bonds. The molecule has 0 heterocycles. The van der Waals surface area contributed by atoms with Gasteiger partial charge in [0, 0.05) is 17.7 Å². The van der Waals surface area contributed by atoms with E-state index in [9.17, 15) is 5.11 Å². The van der Waals surface area contributed by atoms with Gasteiger partial charge in [0.2, 0.25) is 0 Å². The Morgan fingerprint density at radius 3 is 2.53 bits per heavy atom. The van der Waals surface area contributed by atoms with Gasteiger partial charge in [0.25, 0.3) is 0 Å². The standard InChI is InChI=1S/C11H17NO2.ClH/c1-2-3-4-10(12)9-6-5-8(13)7-11(9)14;/h5-7,10,13-14H,2-4,12H2,1H3;1H/t10-;/m1./s1. The van der Waals surface area contributed by atoms with E-state index in [1.807, 2.05) is 0 Å². The van der Waals surface area contributed by atoms with E-state index in [0.29, 0.717) is 5.56 Å². The summed E-state index contributed by atoms with van der Waals surface area (Å²) in [4.78, 5) is 0. The summed E-state index contributed by atoms with van der Waals surface area (Å²) in [6.45, 7) is 2.10. The largest absolute Gasteiger partial charge is 0.508 e. The van der Waals surface area contributed by atoms with Crippen LogP contribution in [-0.4, -0.2) is 10.2 Å². The van der Waals surface area contributed by atoms with E-state index >= 15 is 0 Å². The fourth-order valence-corrected chi connectivity index (χ4v) is 1.43. The summed E-state index contributed by atoms with van der Waals surface area (Å²) < 4.78 is 0. The average Bonchev–Trinajstić information content (AvgIpc) is 2.14. The number of benzene rings is 1. The van der Waals surface area contributed by atoms with Crippen molar-refractivity contribution < 1.29 is 10.2 Å². The lowest BCUT2D eigenvalue weighted by Gasteiger charge is -2.13. The Labute approximate surface area is 96.3 Å². The molecule has 15 heavy (non-hydrogen) atoms. The fraction of sp³-hybridized carbons (Fsp3) is 0.455. The number of hydrogen-bond acceptors (Lipinski definition) is 3. The summed E-state index contributed by atoms with van der Waals surface area (Å²) in [5, 5.41) is 18.6. The van der Waals surface area contributed by atoms with Gasteiger partial charge in [-0.05, 0) is 12.5 Å². The van der Waals surface area contributed by atoms with Crippen molar-refractivity contribution in [2.24, 2.45) is 5.73 Å². The van der Waals surface area contributed by atoms with E-state index < -0.39 is 0 Å². The van der Waals surface area contributed by atoms with Crippen molar-refractivity contribution >= 4 is 12.4 Å². The molecule has 0 saturated carbocycles. The molecule has 86 valence electrons. The van der Waals surface area contributed by atoms with E-state index in [1.54, 1.807) is 12.1 Å². The number of unbranched alkanes of at least 4 members (excludes halogenated alkanes) is 1. The molecule has 0 spiro atoms. The minimum atomic E-state index is -0.143. The molecule has 0 aliphatic heterocycles. The fourth-order valence-electron chi connectivity index (χ4n) is 1.43. The van der Waals surface area contributed by atoms with Crippen LogP contribution in [0.2, 0.25) is 0 Å². The predicted molar refractivity (Wildman–Crippen MR) is 63.5 cm³/mol. The second-order valence-corrected chi connectivity index (χ2v) is 3.49. The molecule has 0 radical (unpaired) electrons. The molecule has 1 aromatic carbocycles. The Kier molecular flexibility index (Phi) is 6.13. The maximum Gasteiger partial charge on any atom is 0.124 e. The quantitative estimate of drug-likeness (QED) is 0.747. The SMILES string of the molecule is CCCC[C@@H](N)c1ccc(O)cc1O.Cl. The molecule has 0 fully saturated rings. The first-order valence-electron chi connectivity index (χ1n) is 4.92. The number of nitrogens with two attached hydrogens (primary N) is 1. The molecule has 0 aliphatic carbocycles. The highest BCUT2D eigenvalue weighted by Crippen LogP contribution is 2.28. The van der Waals surface area contributed by atoms with Gasteiger partial charge >= 0.3 is 0 Å². The number of phenolic OH excluding ortho intramolecular Hbond substituents is 2. The summed E-state index contributed by atoms with van der Waals surface area (Å²) in [5.41, 5.74) is 6.60. The Balaban J connectivity index is 0.00000196. The minimum absolute atomic E-state index is 0. The first kappa shape index (κ1) is 14.1. The Morgan fingerprint density at radius 2 is 2.00 bits per heavy atom. The third kappa shape index (κ3) is 3.98. The number of aromatic hydroxyl groups is 2. The topological polar surface area (TPSA) is 66.5 Å². The van der Waals surface area contributed by atoms with Crippen LogP contribution in [0.15, 0.2) is 18.2 Å². The molecule has 0 saturated heterocycles. The highest BCUT2D eigenvalue weighted by molar-refractivity contribution is 5.85. The number of halogens is 1. The molecule has 1 aromatic rings. The second kappa shape index (κ2) is 6.53. The van der Waals surface area contributed by atoms with Crippen LogP contribution in [0.1, 0.15) is 37.8 Å². The molecule has 1 rings (SSSR count). The van der Waals surface area contributed by atoms with Crippen LogP contribution in [0.25, 0.3) is 0 Å². The molecular formula is C11H18ClNO2. The maximum atomic E-state index is 9.52. The molecule has 4 N–H and O–H groups in total. The van der Waals surface area contributed by atoms with Crippen molar-refractivity contribution in [1.82, 2.24) is 0 Å². The summed E-state index contributed by atoms with van der Waals surface area (Å²) in [6, 6.07) is 4.39. The number of rotatable bonds is 4. The Hall–Kier alpha value is -0.930. The zero-order valence-corrected chi connectivity index (χ0v) is 9.63. The molecule has 0 bridgehead atoms. The van der Waals surface area contributed by atoms with E-state index in [1.165, 1.54) is 6.07 Å². The normalized spacial score (nSPS) is 11.9. The predicted octanol–water partition coefficient (Wildman–Crippen LogP) is 2.71. The smallest absolute Gasteiger partial charge is 0.124 e. The Bertz CT molecular complexity index is 305. The molecule has 1 atom stereocenters. The zero-order valence-electron chi connectivity index (χ0n) is 8.81. The molecule has 4 heteroatoms. The summed E-state index contributed by atoms with van der Waals surface area (Å²) >= 11 is 0. The van der Waals surface area contributed by atoms with E-state index in [-0.39, 0.29) is 29.9 Å². The van der Waals surface area contributed by atoms with Crippen molar-refractivity contribution in [3.8, 4) is 11.5 Å². The first-order chi connectivity index (χ1) is 6.65. The van der Waals surface area contributed by atoms with Crippen molar-refractivity contribution in [2.45, 2.75) is 32.2 Å². The zero-order chi connectivity index (χ0) is 10.6. The highest BCUT2D eigenvalue weighted by Gasteiger charge is 2.10. The van der Waals surface area contributed by atoms with Gasteiger partial charge in [-0.2, -0.15) is 0 Å². The van der Waals surface area contributed by atoms with Gasteiger partial charge in [-0.1, -0.05) is 25.8 Å². The van der Waals surface area contributed by atoms with Crippen LogP contribution in [0.4, 0.5) is 0 Å². The van der Waals surface area contributed by atoms with E-state index in [4.69, 9.17) is 10.8 Å². The van der Waals surface area contributed by atoms with Gasteiger partial charge in [0.15, 0.2) is 0 Å². The van der Waals surface area contributed by atoms with Crippen molar-refractivity contribution in [3.05, 3.63) is 23.8 Å². The lowest BCUT2D eigenvalue weighted by atomic mass is 10.0. The Morgan fingerprint density at radius 1 is 1.33 bits per heavy atom. The monoisotopic (exact) mass is 231 g/mol. The highest BCUT2D eigenvalue weighted by atomic mass is 35.5. The van der Waals surface area contributed by atoms with Crippen molar-refractivity contribution in [3.63, 3.8) is 0 Å². The van der Waals surface area contributed by atoms with Crippen LogP contribution in [0.3, 0.4) is 0 Å². The molecule has 0 aliphatic rings. The minimum Gasteiger partial charge on any atom is -0.508 e. The van der Waals surface area contributed by atoms with Crippen LogP contribution < -0.4 is 5.73 Å². The average molecular weight is 232 g/mol. The maximum absolute atomic E-state index is 9.52. The van der Waals surface area contributed by atoms with Gasteiger partial charge in [0.05, 0.1) is 0 Å². The van der Waals surface area contributed by atoms with Crippen molar-refractivity contribution in [1.29, 1.82) is 0 Å². The van der Waals surface area contributed by atoms with Gasteiger partial charge in [-0.25, -0.2) is 0 Å². The van der Waals surface area contributed by atoms with E-state index in [2.05, 4.69) is 6.92 Å². The van der Waals surface area contributed by atoms with Crippen LogP contribution in [-0.2, 0) is 0 Å². The number of phenols is 2. The van der Waals surface area contributed by atoms with Crippen LogP contribution >= 0.6 is 12.4 Å². The van der Waals surface area contributed by atoms with Crippen LogP contribution in [0.5, 0.6) is 11.5 Å². The van der Waals surface area contributed by atoms with Gasteiger partial charge in [-0.15, -0.1) is 12.4 Å². The van der Waals surface area contributed by atoms with Gasteiger partial charge in [-0.3, -0.25) is 0 Å². The molecule has 0 aromatic heterocycles. The first-order valence-corrected chi connectivity index (χ1v) is 4.92. The molecule has 3 nitrogen and oxygen atoms in total. The van der Waals surface area contributed by atoms with Crippen molar-refractivity contribution in [2.75, 3.05) is 0 Å². The third-order valence-electron chi connectivity index (χ3n) is 2.28. The summed E-state index contributed by atoms with van der Waals surface area (Å²) in [6.07, 6.45) is 2.99. The lowest BCUT2D eigenvalue weighted by Crippen LogP contribution is -2.09. The number of hydrogen-bond donors (Lipinski definition) is 3. The van der Waals surface area contributed by atoms with Crippen LogP contribution in [0, 0.1) is 0 Å².